The first-order chi connectivity index (χ1) is 15.2. The van der Waals surface area contributed by atoms with E-state index in [4.69, 9.17) is 4.74 Å². The maximum Gasteiger partial charge on any atom is 0.339 e. The summed E-state index contributed by atoms with van der Waals surface area (Å²) in [5.74, 6) is -0.664. The minimum atomic E-state index is -0.961. The number of benzene rings is 3. The maximum atomic E-state index is 13.1. The van der Waals surface area contributed by atoms with Crippen LogP contribution < -0.4 is 5.32 Å². The molecule has 1 aliphatic rings. The first kappa shape index (κ1) is 19.2. The highest BCUT2D eigenvalue weighted by Crippen LogP contribution is 2.42. The van der Waals surface area contributed by atoms with Crippen LogP contribution in [0.4, 0.5) is 5.13 Å². The summed E-state index contributed by atoms with van der Waals surface area (Å²) in [4.78, 5) is 29.9. The molecular formula is C25H18N2O3S. The zero-order valence-electron chi connectivity index (χ0n) is 16.4. The molecule has 0 atom stereocenters. The summed E-state index contributed by atoms with van der Waals surface area (Å²) in [6.07, 6.45) is 2.07. The number of anilines is 1. The smallest absolute Gasteiger partial charge is 0.339 e. The van der Waals surface area contributed by atoms with Crippen LogP contribution in [0.2, 0.25) is 0 Å². The van der Waals surface area contributed by atoms with Gasteiger partial charge in [0.2, 0.25) is 0 Å². The van der Waals surface area contributed by atoms with Gasteiger partial charge in [-0.1, -0.05) is 60.7 Å². The molecule has 1 N–H and O–H groups in total. The van der Waals surface area contributed by atoms with Gasteiger partial charge in [0.15, 0.2) is 10.7 Å². The van der Waals surface area contributed by atoms with Gasteiger partial charge in [-0.25, -0.2) is 9.78 Å². The van der Waals surface area contributed by atoms with E-state index in [-0.39, 0.29) is 5.91 Å². The lowest BCUT2D eigenvalue weighted by molar-refractivity contribution is -0.00753. The quantitative estimate of drug-likeness (QED) is 0.464. The largest absolute Gasteiger partial charge is 0.445 e. The highest BCUT2D eigenvalue weighted by Gasteiger charge is 2.43. The number of esters is 1. The average Bonchev–Trinajstić information content (AvgIpc) is 3.33. The van der Waals surface area contributed by atoms with Crippen LogP contribution in [-0.4, -0.2) is 16.9 Å². The standard InChI is InChI=1S/C25H18N2O3S/c28-22(27-24-26-13-14-31-24)17-11-12-21-18(15-17)16-25(30-23(21)29,19-7-3-1-4-8-19)20-9-5-2-6-10-20/h1-15H,16H2,(H,26,27,28). The number of ether oxygens (including phenoxy) is 1. The number of nitrogens with zero attached hydrogens (tertiary/aromatic N) is 1. The fraction of sp³-hybridized carbons (Fsp3) is 0.0800. The van der Waals surface area contributed by atoms with E-state index in [0.29, 0.717) is 22.7 Å². The van der Waals surface area contributed by atoms with Crippen LogP contribution in [0.15, 0.2) is 90.4 Å². The number of aromatic nitrogens is 1. The van der Waals surface area contributed by atoms with Crippen LogP contribution in [0.1, 0.15) is 37.4 Å². The third-order valence-electron chi connectivity index (χ3n) is 5.43. The maximum absolute atomic E-state index is 13.1. The molecule has 0 saturated carbocycles. The lowest BCUT2D eigenvalue weighted by Gasteiger charge is -2.38. The van der Waals surface area contributed by atoms with E-state index < -0.39 is 11.6 Å². The number of thiazole rings is 1. The van der Waals surface area contributed by atoms with Crippen molar-refractivity contribution in [2.45, 2.75) is 12.0 Å². The van der Waals surface area contributed by atoms with Gasteiger partial charge < -0.3 is 4.74 Å². The molecule has 0 unspecified atom stereocenters. The number of amides is 1. The van der Waals surface area contributed by atoms with Crippen molar-refractivity contribution in [1.29, 1.82) is 0 Å². The van der Waals surface area contributed by atoms with Crippen LogP contribution >= 0.6 is 11.3 Å². The van der Waals surface area contributed by atoms with Crippen LogP contribution in [0.5, 0.6) is 0 Å². The molecule has 0 aliphatic carbocycles. The summed E-state index contributed by atoms with van der Waals surface area (Å²) in [5.41, 5.74) is 2.54. The Morgan fingerprint density at radius 3 is 2.26 bits per heavy atom. The molecule has 2 heterocycles. The van der Waals surface area contributed by atoms with Crippen molar-refractivity contribution >= 4 is 28.3 Å². The van der Waals surface area contributed by atoms with Gasteiger partial charge in [-0.05, 0) is 23.8 Å². The van der Waals surface area contributed by atoms with Gasteiger partial charge in [0.1, 0.15) is 0 Å². The van der Waals surface area contributed by atoms with Gasteiger partial charge in [-0.2, -0.15) is 0 Å². The third kappa shape index (κ3) is 3.51. The number of hydrogen-bond acceptors (Lipinski definition) is 5. The van der Waals surface area contributed by atoms with Crippen molar-refractivity contribution in [2.24, 2.45) is 0 Å². The number of carbonyl (C=O) groups is 2. The molecule has 1 aliphatic heterocycles. The summed E-state index contributed by atoms with van der Waals surface area (Å²) >= 11 is 1.35. The molecule has 0 saturated heterocycles. The van der Waals surface area contributed by atoms with Crippen LogP contribution in [0.25, 0.3) is 0 Å². The Bertz CT molecular complexity index is 1200. The molecule has 31 heavy (non-hydrogen) atoms. The van der Waals surface area contributed by atoms with E-state index in [1.165, 1.54) is 11.3 Å². The van der Waals surface area contributed by atoms with Crippen molar-refractivity contribution in [3.8, 4) is 0 Å². The summed E-state index contributed by atoms with van der Waals surface area (Å²) in [5, 5.41) is 5.12. The molecule has 152 valence electrons. The summed E-state index contributed by atoms with van der Waals surface area (Å²) < 4.78 is 6.11. The first-order valence-electron chi connectivity index (χ1n) is 9.84. The minimum Gasteiger partial charge on any atom is -0.445 e. The molecule has 1 aromatic heterocycles. The zero-order chi connectivity index (χ0) is 21.3. The molecular weight excluding hydrogens is 408 g/mol. The van der Waals surface area contributed by atoms with Gasteiger partial charge in [0.25, 0.3) is 5.91 Å². The third-order valence-corrected chi connectivity index (χ3v) is 6.12. The second kappa shape index (κ2) is 7.81. The Balaban J connectivity index is 1.58. The van der Waals surface area contributed by atoms with Crippen molar-refractivity contribution in [3.05, 3.63) is 118 Å². The van der Waals surface area contributed by atoms with E-state index in [2.05, 4.69) is 10.3 Å². The normalized spacial score (nSPS) is 14.4. The molecule has 5 rings (SSSR count). The predicted molar refractivity (Wildman–Crippen MR) is 119 cm³/mol. The Labute approximate surface area is 183 Å². The zero-order valence-corrected chi connectivity index (χ0v) is 17.3. The molecule has 0 spiro atoms. The van der Waals surface area contributed by atoms with Crippen LogP contribution in [0, 0.1) is 0 Å². The van der Waals surface area contributed by atoms with Gasteiger partial charge in [-0.15, -0.1) is 11.3 Å². The second-order valence-corrected chi connectivity index (χ2v) is 8.18. The molecule has 0 radical (unpaired) electrons. The van der Waals surface area contributed by atoms with Gasteiger partial charge >= 0.3 is 5.97 Å². The Hall–Kier alpha value is -3.77. The fourth-order valence-electron chi connectivity index (χ4n) is 3.96. The van der Waals surface area contributed by atoms with E-state index in [9.17, 15) is 9.59 Å². The number of cyclic esters (lactones) is 1. The molecule has 5 nitrogen and oxygen atoms in total. The van der Waals surface area contributed by atoms with Crippen molar-refractivity contribution in [2.75, 3.05) is 5.32 Å². The number of rotatable bonds is 4. The lowest BCUT2D eigenvalue weighted by atomic mass is 9.78. The fourth-order valence-corrected chi connectivity index (χ4v) is 4.48. The van der Waals surface area contributed by atoms with E-state index in [1.807, 2.05) is 60.7 Å². The second-order valence-electron chi connectivity index (χ2n) is 7.29. The van der Waals surface area contributed by atoms with Crippen LogP contribution in [0.3, 0.4) is 0 Å². The Morgan fingerprint density at radius 1 is 0.968 bits per heavy atom. The van der Waals surface area contributed by atoms with Crippen LogP contribution in [-0.2, 0) is 16.8 Å². The topological polar surface area (TPSA) is 68.3 Å². The Kier molecular flexibility index (Phi) is 4.84. The highest BCUT2D eigenvalue weighted by molar-refractivity contribution is 7.13. The summed E-state index contributed by atoms with van der Waals surface area (Å²) in [6, 6.07) is 24.5. The molecule has 3 aromatic carbocycles. The lowest BCUT2D eigenvalue weighted by Crippen LogP contribution is -2.40. The Morgan fingerprint density at radius 2 is 1.65 bits per heavy atom. The van der Waals surface area contributed by atoms with Crippen molar-refractivity contribution in [3.63, 3.8) is 0 Å². The van der Waals surface area contributed by atoms with E-state index in [0.717, 1.165) is 16.7 Å². The van der Waals surface area contributed by atoms with Gasteiger partial charge in [0, 0.05) is 34.7 Å². The predicted octanol–water partition coefficient (Wildman–Crippen LogP) is 5.05. The van der Waals surface area contributed by atoms with E-state index in [1.54, 1.807) is 29.8 Å². The number of fused-ring (bicyclic) bond motifs is 1. The molecule has 0 fully saturated rings. The molecule has 0 bridgehead atoms. The summed E-state index contributed by atoms with van der Waals surface area (Å²) in [6.45, 7) is 0. The minimum absolute atomic E-state index is 0.262. The monoisotopic (exact) mass is 426 g/mol. The summed E-state index contributed by atoms with van der Waals surface area (Å²) in [7, 11) is 0. The van der Waals surface area contributed by atoms with Gasteiger partial charge in [0.05, 0.1) is 5.56 Å². The number of nitrogens with one attached hydrogen (secondary N) is 1. The molecule has 1 amide bonds. The number of hydrogen-bond donors (Lipinski definition) is 1. The van der Waals surface area contributed by atoms with E-state index >= 15 is 0 Å². The SMILES string of the molecule is O=C(Nc1nccs1)c1ccc2c(c1)CC(c1ccccc1)(c1ccccc1)OC2=O. The highest BCUT2D eigenvalue weighted by atomic mass is 32.1. The molecule has 6 heteroatoms. The average molecular weight is 426 g/mol. The molecule has 4 aromatic rings. The van der Waals surface area contributed by atoms with Crippen molar-refractivity contribution in [1.82, 2.24) is 4.98 Å². The number of carbonyl (C=O) groups excluding carboxylic acids is 2. The first-order valence-corrected chi connectivity index (χ1v) is 10.7. The van der Waals surface area contributed by atoms with Crippen molar-refractivity contribution < 1.29 is 14.3 Å². The van der Waals surface area contributed by atoms with Gasteiger partial charge in [-0.3, -0.25) is 10.1 Å².